The summed E-state index contributed by atoms with van der Waals surface area (Å²) in [5, 5.41) is 4.03. The van der Waals surface area contributed by atoms with Crippen LogP contribution in [-0.4, -0.2) is 28.6 Å². The Bertz CT molecular complexity index is 730. The van der Waals surface area contributed by atoms with Crippen molar-refractivity contribution in [3.05, 3.63) is 52.9 Å². The number of hydrogen-bond acceptors (Lipinski definition) is 3. The largest absolute Gasteiger partial charge is 0.360 e. The molecule has 1 amide bonds. The number of carbonyl (C=O) groups is 1. The first-order valence-electron chi connectivity index (χ1n) is 9.01. The maximum absolute atomic E-state index is 12.9. The van der Waals surface area contributed by atoms with Crippen molar-refractivity contribution in [2.45, 2.75) is 57.4 Å². The van der Waals surface area contributed by atoms with E-state index < -0.39 is 0 Å². The van der Waals surface area contributed by atoms with Crippen molar-refractivity contribution in [1.82, 2.24) is 10.1 Å². The number of hydrogen-bond donors (Lipinski definition) is 0. The number of benzene rings is 1. The third kappa shape index (κ3) is 2.74. The van der Waals surface area contributed by atoms with Crippen LogP contribution in [0.25, 0.3) is 0 Å². The van der Waals surface area contributed by atoms with Crippen molar-refractivity contribution in [2.24, 2.45) is 0 Å². The Kier molecular flexibility index (Phi) is 3.91. The monoisotopic (exact) mass is 324 g/mol. The molecule has 2 heterocycles. The smallest absolute Gasteiger partial charge is 0.276 e. The van der Waals surface area contributed by atoms with Gasteiger partial charge >= 0.3 is 0 Å². The fourth-order valence-electron chi connectivity index (χ4n) is 3.91. The highest BCUT2D eigenvalue weighted by molar-refractivity contribution is 5.92. The highest BCUT2D eigenvalue weighted by Crippen LogP contribution is 2.41. The molecule has 0 radical (unpaired) electrons. The third-order valence-electron chi connectivity index (χ3n) is 5.46. The van der Waals surface area contributed by atoms with E-state index in [0.29, 0.717) is 17.5 Å². The molecule has 4 nitrogen and oxygen atoms in total. The van der Waals surface area contributed by atoms with Crippen molar-refractivity contribution < 1.29 is 9.32 Å². The van der Waals surface area contributed by atoms with Gasteiger partial charge in [-0.25, -0.2) is 0 Å². The molecule has 4 rings (SSSR count). The van der Waals surface area contributed by atoms with Gasteiger partial charge in [0.1, 0.15) is 5.76 Å². The molecule has 4 heteroatoms. The quantitative estimate of drug-likeness (QED) is 0.844. The van der Waals surface area contributed by atoms with E-state index in [1.807, 2.05) is 11.0 Å². The van der Waals surface area contributed by atoms with Crippen LogP contribution in [-0.2, 0) is 0 Å². The molecule has 2 aromatic rings. The van der Waals surface area contributed by atoms with Gasteiger partial charge in [0.05, 0.1) is 0 Å². The Hall–Kier alpha value is -2.10. The average molecular weight is 324 g/mol. The second-order valence-corrected chi connectivity index (χ2v) is 7.17. The molecule has 24 heavy (non-hydrogen) atoms. The summed E-state index contributed by atoms with van der Waals surface area (Å²) in [5.41, 5.74) is 3.08. The van der Waals surface area contributed by atoms with Crippen molar-refractivity contribution in [1.29, 1.82) is 0 Å². The van der Waals surface area contributed by atoms with Crippen molar-refractivity contribution in [3.63, 3.8) is 0 Å². The Morgan fingerprint density at radius 3 is 2.67 bits per heavy atom. The Balaban J connectivity index is 1.54. The van der Waals surface area contributed by atoms with E-state index in [1.54, 1.807) is 0 Å². The number of aryl methyl sites for hydroxylation is 1. The highest BCUT2D eigenvalue weighted by Gasteiger charge is 2.38. The van der Waals surface area contributed by atoms with E-state index in [1.165, 1.54) is 11.1 Å². The standard InChI is InChI=1S/C20H24N2O2/c1-3-18-16(14-6-4-13(2)5-7-14)10-11-22(18)20(23)17-12-19(24-21-17)15-8-9-15/h4-7,12,15-16,18H,3,8-11H2,1-2H3/t16-,18+/m0/s1. The summed E-state index contributed by atoms with van der Waals surface area (Å²) in [7, 11) is 0. The number of rotatable bonds is 4. The predicted molar refractivity (Wildman–Crippen MR) is 92.1 cm³/mol. The number of carbonyl (C=O) groups excluding carboxylic acids is 1. The molecule has 1 aromatic heterocycles. The molecule has 1 aliphatic heterocycles. The third-order valence-corrected chi connectivity index (χ3v) is 5.46. The first-order chi connectivity index (χ1) is 11.7. The summed E-state index contributed by atoms with van der Waals surface area (Å²) >= 11 is 0. The Labute approximate surface area is 142 Å². The van der Waals surface area contributed by atoms with Crippen LogP contribution in [0, 0.1) is 6.92 Å². The van der Waals surface area contributed by atoms with Crippen molar-refractivity contribution in [3.8, 4) is 0 Å². The molecule has 0 N–H and O–H groups in total. The van der Waals surface area contributed by atoms with E-state index >= 15 is 0 Å². The van der Waals surface area contributed by atoms with Gasteiger partial charge in [0.25, 0.3) is 5.91 Å². The van der Waals surface area contributed by atoms with Crippen molar-refractivity contribution in [2.75, 3.05) is 6.54 Å². The molecule has 1 aliphatic carbocycles. The summed E-state index contributed by atoms with van der Waals surface area (Å²) in [4.78, 5) is 14.9. The van der Waals surface area contributed by atoms with Gasteiger partial charge in [0, 0.05) is 30.5 Å². The van der Waals surface area contributed by atoms with Gasteiger partial charge in [-0.3, -0.25) is 4.79 Å². The summed E-state index contributed by atoms with van der Waals surface area (Å²) in [6, 6.07) is 10.8. The summed E-state index contributed by atoms with van der Waals surface area (Å²) in [5.74, 6) is 1.79. The molecule has 1 saturated carbocycles. The zero-order chi connectivity index (χ0) is 16.7. The minimum absolute atomic E-state index is 0.0205. The number of aromatic nitrogens is 1. The fourth-order valence-corrected chi connectivity index (χ4v) is 3.91. The van der Waals surface area contributed by atoms with E-state index in [9.17, 15) is 4.79 Å². The van der Waals surface area contributed by atoms with Gasteiger partial charge in [-0.1, -0.05) is 41.9 Å². The second kappa shape index (κ2) is 6.08. The maximum Gasteiger partial charge on any atom is 0.276 e. The van der Waals surface area contributed by atoms with Crippen LogP contribution < -0.4 is 0 Å². The van der Waals surface area contributed by atoms with Gasteiger partial charge in [0.2, 0.25) is 0 Å². The number of likely N-dealkylation sites (tertiary alicyclic amines) is 1. The van der Waals surface area contributed by atoms with Gasteiger partial charge < -0.3 is 9.42 Å². The van der Waals surface area contributed by atoms with Crippen LogP contribution in [0.1, 0.15) is 71.8 Å². The lowest BCUT2D eigenvalue weighted by atomic mass is 9.90. The minimum atomic E-state index is 0.0205. The van der Waals surface area contributed by atoms with Crippen LogP contribution in [0.3, 0.4) is 0 Å². The molecule has 0 spiro atoms. The maximum atomic E-state index is 12.9. The lowest BCUT2D eigenvalue weighted by molar-refractivity contribution is 0.0716. The molecule has 126 valence electrons. The lowest BCUT2D eigenvalue weighted by Crippen LogP contribution is -2.37. The molecule has 2 aliphatic rings. The first-order valence-corrected chi connectivity index (χ1v) is 9.01. The van der Waals surface area contributed by atoms with Gasteiger partial charge in [0.15, 0.2) is 5.69 Å². The van der Waals surface area contributed by atoms with Crippen LogP contribution in [0.2, 0.25) is 0 Å². The molecule has 0 unspecified atom stereocenters. The predicted octanol–water partition coefficient (Wildman–Crippen LogP) is 4.27. The highest BCUT2D eigenvalue weighted by atomic mass is 16.5. The Morgan fingerprint density at radius 1 is 1.25 bits per heavy atom. The average Bonchev–Trinajstić information content (AvgIpc) is 3.18. The second-order valence-electron chi connectivity index (χ2n) is 7.17. The normalized spacial score (nSPS) is 23.7. The van der Waals surface area contributed by atoms with Crippen molar-refractivity contribution >= 4 is 5.91 Å². The molecule has 1 saturated heterocycles. The molecule has 1 aromatic carbocycles. The zero-order valence-electron chi connectivity index (χ0n) is 14.4. The lowest BCUT2D eigenvalue weighted by Gasteiger charge is -2.27. The van der Waals surface area contributed by atoms with E-state index in [-0.39, 0.29) is 11.9 Å². The summed E-state index contributed by atoms with van der Waals surface area (Å²) < 4.78 is 5.37. The minimum Gasteiger partial charge on any atom is -0.360 e. The number of nitrogens with zero attached hydrogens (tertiary/aromatic N) is 2. The SMILES string of the molecule is CC[C@@H]1[C@H](c2ccc(C)cc2)CCN1C(=O)c1cc(C2CC2)on1. The summed E-state index contributed by atoms with van der Waals surface area (Å²) in [6.07, 6.45) is 4.28. The van der Waals surface area contributed by atoms with Gasteiger partial charge in [-0.2, -0.15) is 0 Å². The van der Waals surface area contributed by atoms with Crippen LogP contribution in [0.5, 0.6) is 0 Å². The summed E-state index contributed by atoms with van der Waals surface area (Å²) in [6.45, 7) is 5.06. The van der Waals surface area contributed by atoms with E-state index in [2.05, 4.69) is 43.3 Å². The van der Waals surface area contributed by atoms with Crippen LogP contribution in [0.4, 0.5) is 0 Å². The van der Waals surface area contributed by atoms with Crippen LogP contribution >= 0.6 is 0 Å². The van der Waals surface area contributed by atoms with Crippen LogP contribution in [0.15, 0.2) is 34.9 Å². The van der Waals surface area contributed by atoms with Gasteiger partial charge in [-0.05, 0) is 38.2 Å². The topological polar surface area (TPSA) is 46.3 Å². The van der Waals surface area contributed by atoms with E-state index in [4.69, 9.17) is 4.52 Å². The fraction of sp³-hybridized carbons (Fsp3) is 0.500. The molecule has 0 bridgehead atoms. The zero-order valence-corrected chi connectivity index (χ0v) is 14.4. The van der Waals surface area contributed by atoms with Gasteiger partial charge in [-0.15, -0.1) is 0 Å². The Morgan fingerprint density at radius 2 is 2.00 bits per heavy atom. The molecule has 2 fully saturated rings. The molecular formula is C20H24N2O2. The first kappa shape index (κ1) is 15.4. The van der Waals surface area contributed by atoms with E-state index in [0.717, 1.165) is 38.0 Å². The molecule has 2 atom stereocenters. The number of amides is 1. The molecular weight excluding hydrogens is 300 g/mol.